The van der Waals surface area contributed by atoms with Gasteiger partial charge in [-0.1, -0.05) is 0 Å². The number of hydrogen-bond donors (Lipinski definition) is 0. The van der Waals surface area contributed by atoms with Gasteiger partial charge in [0.2, 0.25) is 0 Å². The Morgan fingerprint density at radius 3 is 2.62 bits per heavy atom. The molecule has 0 aliphatic carbocycles. The van der Waals surface area contributed by atoms with E-state index in [9.17, 15) is 4.79 Å². The average Bonchev–Trinajstić information content (AvgIpc) is 2.29. The van der Waals surface area contributed by atoms with E-state index in [4.69, 9.17) is 14.2 Å². The zero-order valence-electron chi connectivity index (χ0n) is 10.1. The molecule has 1 aliphatic rings. The number of hydrogen-bond acceptors (Lipinski definition) is 4. The first kappa shape index (κ1) is 13.3. The standard InChI is InChI=1S/C11H21NO4/c1-10(2)15-6-3-7-16-11(13)12-4-8-14-9-5-12/h10H,3-9H2,1-2H3. The van der Waals surface area contributed by atoms with Crippen molar-refractivity contribution in [3.05, 3.63) is 0 Å². The lowest BCUT2D eigenvalue weighted by Gasteiger charge is -2.25. The van der Waals surface area contributed by atoms with Gasteiger partial charge in [-0.25, -0.2) is 4.79 Å². The molecule has 0 N–H and O–H groups in total. The van der Waals surface area contributed by atoms with Crippen LogP contribution in [0.15, 0.2) is 0 Å². The molecule has 94 valence electrons. The molecule has 5 nitrogen and oxygen atoms in total. The number of amides is 1. The second-order valence-electron chi connectivity index (χ2n) is 3.99. The molecular formula is C11H21NO4. The van der Waals surface area contributed by atoms with Crippen molar-refractivity contribution >= 4 is 6.09 Å². The van der Waals surface area contributed by atoms with Crippen LogP contribution in [0.4, 0.5) is 4.79 Å². The van der Waals surface area contributed by atoms with Crippen molar-refractivity contribution in [1.82, 2.24) is 4.90 Å². The van der Waals surface area contributed by atoms with E-state index in [0.29, 0.717) is 39.5 Å². The molecule has 0 aromatic carbocycles. The molecule has 0 spiro atoms. The molecular weight excluding hydrogens is 210 g/mol. The molecule has 1 aliphatic heterocycles. The van der Waals surface area contributed by atoms with Gasteiger partial charge in [0.15, 0.2) is 0 Å². The Morgan fingerprint density at radius 2 is 2.00 bits per heavy atom. The Bertz CT molecular complexity index is 202. The molecule has 1 amide bonds. The number of morpholine rings is 1. The summed E-state index contributed by atoms with van der Waals surface area (Å²) in [4.78, 5) is 13.2. The van der Waals surface area contributed by atoms with Gasteiger partial charge >= 0.3 is 6.09 Å². The van der Waals surface area contributed by atoms with E-state index in [1.807, 2.05) is 13.8 Å². The van der Waals surface area contributed by atoms with Crippen molar-refractivity contribution in [2.24, 2.45) is 0 Å². The SMILES string of the molecule is CC(C)OCCCOC(=O)N1CCOCC1. The maximum Gasteiger partial charge on any atom is 0.409 e. The quantitative estimate of drug-likeness (QED) is 0.669. The molecule has 1 heterocycles. The molecule has 5 heteroatoms. The zero-order valence-corrected chi connectivity index (χ0v) is 10.1. The summed E-state index contributed by atoms with van der Waals surface area (Å²) in [5, 5.41) is 0. The molecule has 0 radical (unpaired) electrons. The first-order valence-electron chi connectivity index (χ1n) is 5.81. The van der Waals surface area contributed by atoms with Crippen LogP contribution in [0.5, 0.6) is 0 Å². The Kier molecular flexibility index (Phi) is 6.18. The topological polar surface area (TPSA) is 48.0 Å². The Hall–Kier alpha value is -0.810. The summed E-state index contributed by atoms with van der Waals surface area (Å²) in [6.07, 6.45) is 0.733. The van der Waals surface area contributed by atoms with E-state index < -0.39 is 0 Å². The third-order valence-corrected chi connectivity index (χ3v) is 2.23. The van der Waals surface area contributed by atoms with E-state index in [-0.39, 0.29) is 12.2 Å². The molecule has 16 heavy (non-hydrogen) atoms. The molecule has 0 unspecified atom stereocenters. The monoisotopic (exact) mass is 231 g/mol. The number of ether oxygens (including phenoxy) is 3. The highest BCUT2D eigenvalue weighted by molar-refractivity contribution is 5.67. The highest BCUT2D eigenvalue weighted by Crippen LogP contribution is 2.00. The number of carbonyl (C=O) groups is 1. The van der Waals surface area contributed by atoms with Crippen LogP contribution in [0.2, 0.25) is 0 Å². The summed E-state index contributed by atoms with van der Waals surface area (Å²) in [5.41, 5.74) is 0. The summed E-state index contributed by atoms with van der Waals surface area (Å²) in [6, 6.07) is 0. The van der Waals surface area contributed by atoms with Crippen molar-refractivity contribution in [1.29, 1.82) is 0 Å². The summed E-state index contributed by atoms with van der Waals surface area (Å²) in [7, 11) is 0. The fourth-order valence-electron chi connectivity index (χ4n) is 1.37. The van der Waals surface area contributed by atoms with Gasteiger partial charge in [0.1, 0.15) is 0 Å². The first-order chi connectivity index (χ1) is 7.70. The van der Waals surface area contributed by atoms with Crippen LogP contribution < -0.4 is 0 Å². The summed E-state index contributed by atoms with van der Waals surface area (Å²) < 4.78 is 15.6. The smallest absolute Gasteiger partial charge is 0.409 e. The molecule has 0 bridgehead atoms. The third-order valence-electron chi connectivity index (χ3n) is 2.23. The molecule has 1 saturated heterocycles. The highest BCUT2D eigenvalue weighted by Gasteiger charge is 2.17. The zero-order chi connectivity index (χ0) is 11.8. The van der Waals surface area contributed by atoms with E-state index in [0.717, 1.165) is 6.42 Å². The number of carbonyl (C=O) groups excluding carboxylic acids is 1. The summed E-state index contributed by atoms with van der Waals surface area (Å²) >= 11 is 0. The summed E-state index contributed by atoms with van der Waals surface area (Å²) in [5.74, 6) is 0. The van der Waals surface area contributed by atoms with Crippen LogP contribution in [0, 0.1) is 0 Å². The molecule has 0 aromatic heterocycles. The summed E-state index contributed by atoms with van der Waals surface area (Å²) in [6.45, 7) is 7.48. The fraction of sp³-hybridized carbons (Fsp3) is 0.909. The van der Waals surface area contributed by atoms with E-state index in [2.05, 4.69) is 0 Å². The van der Waals surface area contributed by atoms with Crippen LogP contribution in [0.3, 0.4) is 0 Å². The maximum atomic E-state index is 11.5. The second-order valence-corrected chi connectivity index (χ2v) is 3.99. The van der Waals surface area contributed by atoms with E-state index in [1.165, 1.54) is 0 Å². The van der Waals surface area contributed by atoms with Gasteiger partial charge in [-0.3, -0.25) is 0 Å². The Balaban J connectivity index is 2.01. The van der Waals surface area contributed by atoms with Crippen LogP contribution >= 0.6 is 0 Å². The molecule has 1 fully saturated rings. The molecule has 0 saturated carbocycles. The molecule has 1 rings (SSSR count). The average molecular weight is 231 g/mol. The van der Waals surface area contributed by atoms with Gasteiger partial charge in [-0.15, -0.1) is 0 Å². The van der Waals surface area contributed by atoms with Crippen LogP contribution in [-0.2, 0) is 14.2 Å². The lowest BCUT2D eigenvalue weighted by Crippen LogP contribution is -2.41. The largest absolute Gasteiger partial charge is 0.449 e. The lowest BCUT2D eigenvalue weighted by molar-refractivity contribution is 0.0211. The van der Waals surface area contributed by atoms with Gasteiger partial charge in [-0.2, -0.15) is 0 Å². The van der Waals surface area contributed by atoms with Crippen LogP contribution in [-0.4, -0.2) is 56.6 Å². The normalized spacial score (nSPS) is 16.6. The first-order valence-corrected chi connectivity index (χ1v) is 5.81. The van der Waals surface area contributed by atoms with Crippen molar-refractivity contribution < 1.29 is 19.0 Å². The Labute approximate surface area is 96.6 Å². The highest BCUT2D eigenvalue weighted by atomic mass is 16.6. The third kappa shape index (κ3) is 5.32. The minimum Gasteiger partial charge on any atom is -0.449 e. The van der Waals surface area contributed by atoms with E-state index in [1.54, 1.807) is 4.90 Å². The lowest BCUT2D eigenvalue weighted by atomic mass is 10.4. The number of nitrogens with zero attached hydrogens (tertiary/aromatic N) is 1. The molecule has 0 atom stereocenters. The number of rotatable bonds is 5. The second kappa shape index (κ2) is 7.46. The minimum absolute atomic E-state index is 0.231. The van der Waals surface area contributed by atoms with Crippen LogP contribution in [0.25, 0.3) is 0 Å². The van der Waals surface area contributed by atoms with Crippen molar-refractivity contribution in [2.45, 2.75) is 26.4 Å². The minimum atomic E-state index is -0.243. The predicted molar refractivity (Wildman–Crippen MR) is 59.4 cm³/mol. The van der Waals surface area contributed by atoms with Gasteiger partial charge in [0.05, 0.1) is 32.5 Å². The molecule has 0 aromatic rings. The van der Waals surface area contributed by atoms with Crippen molar-refractivity contribution in [3.8, 4) is 0 Å². The fourth-order valence-corrected chi connectivity index (χ4v) is 1.37. The van der Waals surface area contributed by atoms with Gasteiger partial charge < -0.3 is 19.1 Å². The predicted octanol–water partition coefficient (Wildman–Crippen LogP) is 1.27. The maximum absolute atomic E-state index is 11.5. The van der Waals surface area contributed by atoms with Gasteiger partial charge in [-0.05, 0) is 13.8 Å². The Morgan fingerprint density at radius 1 is 1.31 bits per heavy atom. The van der Waals surface area contributed by atoms with Gasteiger partial charge in [0, 0.05) is 19.5 Å². The van der Waals surface area contributed by atoms with E-state index >= 15 is 0 Å². The van der Waals surface area contributed by atoms with Crippen LogP contribution in [0.1, 0.15) is 20.3 Å². The van der Waals surface area contributed by atoms with Crippen molar-refractivity contribution in [3.63, 3.8) is 0 Å². The van der Waals surface area contributed by atoms with Gasteiger partial charge in [0.25, 0.3) is 0 Å². The van der Waals surface area contributed by atoms with Crippen molar-refractivity contribution in [2.75, 3.05) is 39.5 Å².